The lowest BCUT2D eigenvalue weighted by Gasteiger charge is -2.10. The van der Waals surface area contributed by atoms with Gasteiger partial charge in [0, 0.05) is 22.5 Å². The lowest BCUT2D eigenvalue weighted by atomic mass is 10.1. The van der Waals surface area contributed by atoms with Gasteiger partial charge in [-0.15, -0.1) is 0 Å². The van der Waals surface area contributed by atoms with Crippen LogP contribution in [0.2, 0.25) is 0 Å². The standard InChI is InChI=1S/C17H12N2O4/c20-16-10-9-14(11-5-1-2-6-12(11)16)18-17(21)13-7-3-4-8-15(13)19(22)23/h1-10,20H,(H,18,21). The Kier molecular flexibility index (Phi) is 3.64. The van der Waals surface area contributed by atoms with E-state index in [1.54, 1.807) is 36.4 Å². The van der Waals surface area contributed by atoms with Gasteiger partial charge in [-0.05, 0) is 18.2 Å². The van der Waals surface area contributed by atoms with Crippen LogP contribution < -0.4 is 5.32 Å². The Labute approximate surface area is 131 Å². The van der Waals surface area contributed by atoms with Crippen molar-refractivity contribution < 1.29 is 14.8 Å². The summed E-state index contributed by atoms with van der Waals surface area (Å²) in [5.74, 6) is -0.475. The summed E-state index contributed by atoms with van der Waals surface area (Å²) in [6.45, 7) is 0. The molecule has 0 heterocycles. The molecule has 23 heavy (non-hydrogen) atoms. The SMILES string of the molecule is O=C(Nc1ccc(O)c2ccccc12)c1ccccc1[N+](=O)[O-]. The van der Waals surface area contributed by atoms with Crippen LogP contribution in [0.4, 0.5) is 11.4 Å². The lowest BCUT2D eigenvalue weighted by molar-refractivity contribution is -0.385. The van der Waals surface area contributed by atoms with E-state index in [9.17, 15) is 20.0 Å². The molecule has 0 saturated carbocycles. The van der Waals surface area contributed by atoms with Gasteiger partial charge in [0.05, 0.1) is 4.92 Å². The number of aromatic hydroxyl groups is 1. The fraction of sp³-hybridized carbons (Fsp3) is 0. The number of rotatable bonds is 3. The zero-order valence-electron chi connectivity index (χ0n) is 11.9. The molecule has 0 fully saturated rings. The summed E-state index contributed by atoms with van der Waals surface area (Å²) in [6, 6.07) is 15.8. The summed E-state index contributed by atoms with van der Waals surface area (Å²) in [5, 5.41) is 24.8. The van der Waals surface area contributed by atoms with Crippen molar-refractivity contribution in [3.8, 4) is 5.75 Å². The number of carbonyl (C=O) groups is 1. The molecule has 0 aromatic heterocycles. The first-order valence-corrected chi connectivity index (χ1v) is 6.83. The van der Waals surface area contributed by atoms with E-state index in [-0.39, 0.29) is 17.0 Å². The molecule has 0 atom stereocenters. The van der Waals surface area contributed by atoms with Crippen LogP contribution in [0.1, 0.15) is 10.4 Å². The Morgan fingerprint density at radius 1 is 0.957 bits per heavy atom. The van der Waals surface area contributed by atoms with Crippen LogP contribution in [0.25, 0.3) is 10.8 Å². The largest absolute Gasteiger partial charge is 0.507 e. The molecule has 6 heteroatoms. The van der Waals surface area contributed by atoms with E-state index in [1.165, 1.54) is 24.3 Å². The van der Waals surface area contributed by atoms with E-state index in [1.807, 2.05) is 0 Å². The summed E-state index contributed by atoms with van der Waals surface area (Å²) in [5.41, 5.74) is 0.198. The van der Waals surface area contributed by atoms with E-state index in [2.05, 4.69) is 5.32 Å². The molecular weight excluding hydrogens is 296 g/mol. The highest BCUT2D eigenvalue weighted by molar-refractivity contribution is 6.11. The van der Waals surface area contributed by atoms with Gasteiger partial charge in [-0.25, -0.2) is 0 Å². The van der Waals surface area contributed by atoms with Gasteiger partial charge in [-0.3, -0.25) is 14.9 Å². The number of hydrogen-bond acceptors (Lipinski definition) is 4. The molecule has 0 saturated heterocycles. The smallest absolute Gasteiger partial charge is 0.282 e. The molecule has 0 radical (unpaired) electrons. The molecule has 114 valence electrons. The second kappa shape index (κ2) is 5.76. The highest BCUT2D eigenvalue weighted by Gasteiger charge is 2.19. The predicted molar refractivity (Wildman–Crippen MR) is 86.7 cm³/mol. The van der Waals surface area contributed by atoms with Crippen molar-refractivity contribution in [3.05, 3.63) is 76.3 Å². The molecular formula is C17H12N2O4. The summed E-state index contributed by atoms with van der Waals surface area (Å²) < 4.78 is 0. The van der Waals surface area contributed by atoms with Crippen LogP contribution in [0.5, 0.6) is 5.75 Å². The number of benzene rings is 3. The predicted octanol–water partition coefficient (Wildman–Crippen LogP) is 3.71. The zero-order chi connectivity index (χ0) is 16.4. The Morgan fingerprint density at radius 3 is 2.35 bits per heavy atom. The van der Waals surface area contributed by atoms with E-state index in [0.29, 0.717) is 16.5 Å². The number of amides is 1. The van der Waals surface area contributed by atoms with E-state index in [0.717, 1.165) is 0 Å². The average Bonchev–Trinajstić information content (AvgIpc) is 2.57. The minimum absolute atomic E-state index is 0.0188. The molecule has 2 N–H and O–H groups in total. The molecule has 3 aromatic carbocycles. The first-order valence-electron chi connectivity index (χ1n) is 6.83. The number of anilines is 1. The van der Waals surface area contributed by atoms with E-state index < -0.39 is 10.8 Å². The third-order valence-electron chi connectivity index (χ3n) is 3.49. The van der Waals surface area contributed by atoms with Gasteiger partial charge < -0.3 is 10.4 Å². The minimum atomic E-state index is -0.593. The van der Waals surface area contributed by atoms with Gasteiger partial charge in [0.25, 0.3) is 11.6 Å². The summed E-state index contributed by atoms with van der Waals surface area (Å²) in [7, 11) is 0. The van der Waals surface area contributed by atoms with Crippen molar-refractivity contribution >= 4 is 28.1 Å². The highest BCUT2D eigenvalue weighted by Crippen LogP contribution is 2.31. The number of para-hydroxylation sites is 1. The summed E-state index contributed by atoms with van der Waals surface area (Å²) in [6.07, 6.45) is 0. The molecule has 0 aliphatic rings. The topological polar surface area (TPSA) is 92.5 Å². The van der Waals surface area contributed by atoms with Gasteiger partial charge in [0.1, 0.15) is 11.3 Å². The maximum absolute atomic E-state index is 12.4. The van der Waals surface area contributed by atoms with Gasteiger partial charge in [0.2, 0.25) is 0 Å². The fourth-order valence-electron chi connectivity index (χ4n) is 2.41. The van der Waals surface area contributed by atoms with Crippen LogP contribution >= 0.6 is 0 Å². The lowest BCUT2D eigenvalue weighted by Crippen LogP contribution is -2.14. The van der Waals surface area contributed by atoms with Crippen LogP contribution in [0, 0.1) is 10.1 Å². The van der Waals surface area contributed by atoms with E-state index in [4.69, 9.17) is 0 Å². The first-order chi connectivity index (χ1) is 11.1. The molecule has 1 amide bonds. The molecule has 3 rings (SSSR count). The van der Waals surface area contributed by atoms with Crippen molar-refractivity contribution in [2.75, 3.05) is 5.32 Å². The molecule has 0 aliphatic heterocycles. The number of nitro groups is 1. The van der Waals surface area contributed by atoms with Crippen molar-refractivity contribution in [3.63, 3.8) is 0 Å². The number of phenolic OH excluding ortho intramolecular Hbond substituents is 1. The average molecular weight is 308 g/mol. The zero-order valence-corrected chi connectivity index (χ0v) is 11.9. The van der Waals surface area contributed by atoms with Crippen molar-refractivity contribution in [2.24, 2.45) is 0 Å². The Balaban J connectivity index is 2.02. The number of carbonyl (C=O) groups excluding carboxylic acids is 1. The van der Waals surface area contributed by atoms with Crippen LogP contribution in [0.15, 0.2) is 60.7 Å². The molecule has 3 aromatic rings. The second-order valence-corrected chi connectivity index (χ2v) is 4.91. The number of hydrogen-bond donors (Lipinski definition) is 2. The Hall–Kier alpha value is -3.41. The molecule has 0 spiro atoms. The van der Waals surface area contributed by atoms with Crippen molar-refractivity contribution in [2.45, 2.75) is 0 Å². The Bertz CT molecular complexity index is 921. The number of nitrogens with zero attached hydrogens (tertiary/aromatic N) is 1. The number of nitro benzene ring substituents is 1. The highest BCUT2D eigenvalue weighted by atomic mass is 16.6. The van der Waals surface area contributed by atoms with Crippen molar-refractivity contribution in [1.82, 2.24) is 0 Å². The van der Waals surface area contributed by atoms with Crippen LogP contribution in [-0.2, 0) is 0 Å². The van der Waals surface area contributed by atoms with Crippen molar-refractivity contribution in [1.29, 1.82) is 0 Å². The Morgan fingerprint density at radius 2 is 1.61 bits per heavy atom. The fourth-order valence-corrected chi connectivity index (χ4v) is 2.41. The van der Waals surface area contributed by atoms with Gasteiger partial charge in [-0.2, -0.15) is 0 Å². The summed E-state index contributed by atoms with van der Waals surface area (Å²) in [4.78, 5) is 22.8. The number of fused-ring (bicyclic) bond motifs is 1. The number of phenols is 1. The first kappa shape index (κ1) is 14.5. The maximum atomic E-state index is 12.4. The normalized spacial score (nSPS) is 10.4. The summed E-state index contributed by atoms with van der Waals surface area (Å²) >= 11 is 0. The van der Waals surface area contributed by atoms with Gasteiger partial charge >= 0.3 is 0 Å². The van der Waals surface area contributed by atoms with E-state index >= 15 is 0 Å². The van der Waals surface area contributed by atoms with Crippen LogP contribution in [-0.4, -0.2) is 15.9 Å². The third-order valence-corrected chi connectivity index (χ3v) is 3.49. The third kappa shape index (κ3) is 2.69. The second-order valence-electron chi connectivity index (χ2n) is 4.91. The van der Waals surface area contributed by atoms with Gasteiger partial charge in [-0.1, -0.05) is 36.4 Å². The molecule has 6 nitrogen and oxygen atoms in total. The monoisotopic (exact) mass is 308 g/mol. The molecule has 0 unspecified atom stereocenters. The molecule has 0 aliphatic carbocycles. The maximum Gasteiger partial charge on any atom is 0.282 e. The number of nitrogens with one attached hydrogen (secondary N) is 1. The molecule has 0 bridgehead atoms. The quantitative estimate of drug-likeness (QED) is 0.438. The van der Waals surface area contributed by atoms with Gasteiger partial charge in [0.15, 0.2) is 0 Å². The minimum Gasteiger partial charge on any atom is -0.507 e. The van der Waals surface area contributed by atoms with Crippen LogP contribution in [0.3, 0.4) is 0 Å².